The van der Waals surface area contributed by atoms with Crippen LogP contribution < -0.4 is 15.4 Å². The Labute approximate surface area is 154 Å². The van der Waals surface area contributed by atoms with E-state index in [1.165, 1.54) is 0 Å². The predicted octanol–water partition coefficient (Wildman–Crippen LogP) is 3.80. The fourth-order valence-corrected chi connectivity index (χ4v) is 2.81. The van der Waals surface area contributed by atoms with Gasteiger partial charge in [-0.25, -0.2) is 0 Å². The first-order valence-electron chi connectivity index (χ1n) is 8.72. The lowest BCUT2D eigenvalue weighted by Gasteiger charge is -2.21. The smallest absolute Gasteiger partial charge is 0.277 e. The van der Waals surface area contributed by atoms with E-state index in [9.17, 15) is 4.79 Å². The maximum absolute atomic E-state index is 12.6. The van der Waals surface area contributed by atoms with Crippen molar-refractivity contribution in [2.75, 3.05) is 11.9 Å². The minimum Gasteiger partial charge on any atom is -0.476 e. The second-order valence-electron chi connectivity index (χ2n) is 5.94. The molecule has 1 aliphatic carbocycles. The summed E-state index contributed by atoms with van der Waals surface area (Å²) in [6.07, 6.45) is 15.1. The zero-order chi connectivity index (χ0) is 18.2. The third-order valence-electron chi connectivity index (χ3n) is 4.08. The molecule has 0 spiro atoms. The Morgan fingerprint density at radius 3 is 2.96 bits per heavy atom. The van der Waals surface area contributed by atoms with Crippen LogP contribution in [-0.2, 0) is 4.79 Å². The van der Waals surface area contributed by atoms with Gasteiger partial charge in [-0.05, 0) is 43.5 Å². The molecular formula is C22H22N2O2. The van der Waals surface area contributed by atoms with Gasteiger partial charge in [0.15, 0.2) is 0 Å². The largest absolute Gasteiger partial charge is 0.476 e. The Morgan fingerprint density at radius 2 is 2.08 bits per heavy atom. The molecule has 0 radical (unpaired) electrons. The monoisotopic (exact) mass is 346 g/mol. The summed E-state index contributed by atoms with van der Waals surface area (Å²) in [5.74, 6) is 3.05. The molecule has 1 aromatic rings. The lowest BCUT2D eigenvalue weighted by Crippen LogP contribution is -2.37. The van der Waals surface area contributed by atoms with Crippen LogP contribution in [0.1, 0.15) is 25.3 Å². The van der Waals surface area contributed by atoms with Gasteiger partial charge >= 0.3 is 0 Å². The van der Waals surface area contributed by atoms with Gasteiger partial charge < -0.3 is 10.1 Å². The van der Waals surface area contributed by atoms with E-state index in [1.807, 2.05) is 36.4 Å². The molecule has 4 nitrogen and oxygen atoms in total. The van der Waals surface area contributed by atoms with E-state index in [0.717, 1.165) is 36.2 Å². The fourth-order valence-electron chi connectivity index (χ4n) is 2.81. The van der Waals surface area contributed by atoms with Crippen molar-refractivity contribution in [1.82, 2.24) is 5.32 Å². The molecule has 1 aliphatic heterocycles. The molecule has 3 rings (SSSR count). The zero-order valence-electron chi connectivity index (χ0n) is 14.8. The number of carbonyl (C=O) groups is 1. The summed E-state index contributed by atoms with van der Waals surface area (Å²) in [7, 11) is 0. The molecule has 1 unspecified atom stereocenters. The van der Waals surface area contributed by atoms with Crippen LogP contribution in [0.5, 0.6) is 5.75 Å². The first-order valence-corrected chi connectivity index (χ1v) is 8.72. The van der Waals surface area contributed by atoms with Gasteiger partial charge in [0.2, 0.25) is 6.10 Å². The Morgan fingerprint density at radius 1 is 1.19 bits per heavy atom. The van der Waals surface area contributed by atoms with Crippen molar-refractivity contribution in [3.8, 4) is 17.7 Å². The number of ether oxygens (including phenoxy) is 1. The standard InChI is InChI=1S/C22H22N2O2/c1-2-14-24-22(25)21(17-9-6-4-3-5-7-10-17)26-19-12-13-20-18(16-19)11-8-15-23-20/h3-4,7-13,16,21,23H,5-6,15H2,1H3,(H,24,25)/b4-3-,10-7-,17-9+. The van der Waals surface area contributed by atoms with Gasteiger partial charge in [-0.3, -0.25) is 10.1 Å². The number of fused-ring (bicyclic) bond motifs is 1. The van der Waals surface area contributed by atoms with E-state index >= 15 is 0 Å². The molecule has 0 bridgehead atoms. The van der Waals surface area contributed by atoms with Crippen molar-refractivity contribution < 1.29 is 9.53 Å². The Balaban J connectivity index is 1.87. The van der Waals surface area contributed by atoms with Crippen LogP contribution in [0.4, 0.5) is 5.69 Å². The molecule has 2 aliphatic rings. The topological polar surface area (TPSA) is 50.4 Å². The van der Waals surface area contributed by atoms with Gasteiger partial charge in [0.1, 0.15) is 5.75 Å². The highest BCUT2D eigenvalue weighted by Crippen LogP contribution is 2.27. The number of anilines is 1. The highest BCUT2D eigenvalue weighted by atomic mass is 16.5. The number of hydrogen-bond acceptors (Lipinski definition) is 3. The summed E-state index contributed by atoms with van der Waals surface area (Å²) in [5.41, 5.74) is 2.94. The lowest BCUT2D eigenvalue weighted by molar-refractivity contribution is -0.125. The third-order valence-corrected chi connectivity index (χ3v) is 4.08. The molecule has 1 atom stereocenters. The van der Waals surface area contributed by atoms with Gasteiger partial charge in [-0.1, -0.05) is 48.5 Å². The maximum atomic E-state index is 12.6. The Bertz CT molecular complexity index is 851. The molecule has 26 heavy (non-hydrogen) atoms. The Kier molecular flexibility index (Phi) is 5.95. The van der Waals surface area contributed by atoms with Crippen molar-refractivity contribution in [3.63, 3.8) is 0 Å². The summed E-state index contributed by atoms with van der Waals surface area (Å²) in [5, 5.41) is 5.91. The van der Waals surface area contributed by atoms with E-state index in [1.54, 1.807) is 6.92 Å². The number of nitrogens with one attached hydrogen (secondary N) is 2. The number of benzene rings is 1. The van der Waals surface area contributed by atoms with Crippen LogP contribution in [0.15, 0.2) is 60.2 Å². The van der Waals surface area contributed by atoms with Gasteiger partial charge in [0.05, 0.1) is 0 Å². The summed E-state index contributed by atoms with van der Waals surface area (Å²) in [6, 6.07) is 8.41. The molecule has 0 fully saturated rings. The van der Waals surface area contributed by atoms with Crippen LogP contribution >= 0.6 is 0 Å². The highest BCUT2D eigenvalue weighted by Gasteiger charge is 2.23. The first kappa shape index (κ1) is 17.6. The third kappa shape index (κ3) is 4.46. The van der Waals surface area contributed by atoms with E-state index in [2.05, 4.69) is 46.9 Å². The van der Waals surface area contributed by atoms with Crippen LogP contribution in [-0.4, -0.2) is 18.6 Å². The van der Waals surface area contributed by atoms with E-state index in [0.29, 0.717) is 5.75 Å². The minimum absolute atomic E-state index is 0.272. The van der Waals surface area contributed by atoms with E-state index in [-0.39, 0.29) is 5.91 Å². The van der Waals surface area contributed by atoms with Gasteiger partial charge in [0.25, 0.3) is 5.91 Å². The summed E-state index contributed by atoms with van der Waals surface area (Å²) < 4.78 is 6.09. The summed E-state index contributed by atoms with van der Waals surface area (Å²) in [6.45, 7) is 2.50. The van der Waals surface area contributed by atoms with Crippen LogP contribution in [0, 0.1) is 12.0 Å². The van der Waals surface area contributed by atoms with E-state index < -0.39 is 6.10 Å². The van der Waals surface area contributed by atoms with Crippen LogP contribution in [0.25, 0.3) is 6.08 Å². The SMILES string of the molecule is CC#CNC(=O)C(Oc1ccc2c(c1)C=CCN2)C1=C/C/C=C\C/C=C\1. The molecule has 2 N–H and O–H groups in total. The highest BCUT2D eigenvalue weighted by molar-refractivity contribution is 5.86. The van der Waals surface area contributed by atoms with Crippen LogP contribution in [0.3, 0.4) is 0 Å². The molecule has 4 heteroatoms. The number of hydrogen-bond donors (Lipinski definition) is 2. The van der Waals surface area contributed by atoms with Crippen molar-refractivity contribution in [3.05, 3.63) is 65.8 Å². The van der Waals surface area contributed by atoms with Crippen molar-refractivity contribution in [2.24, 2.45) is 0 Å². The van der Waals surface area contributed by atoms with Gasteiger partial charge in [-0.15, -0.1) is 0 Å². The second-order valence-corrected chi connectivity index (χ2v) is 5.94. The van der Waals surface area contributed by atoms with Gasteiger partial charge in [-0.2, -0.15) is 0 Å². The minimum atomic E-state index is -0.753. The average Bonchev–Trinajstić information content (AvgIpc) is 2.64. The second kappa shape index (κ2) is 8.77. The number of amides is 1. The molecule has 1 heterocycles. The first-order chi connectivity index (χ1) is 12.8. The quantitative estimate of drug-likeness (QED) is 0.495. The average molecular weight is 346 g/mol. The number of rotatable bonds is 4. The molecular weight excluding hydrogens is 324 g/mol. The molecule has 0 saturated heterocycles. The summed E-state index contributed by atoms with van der Waals surface area (Å²) in [4.78, 5) is 12.6. The van der Waals surface area contributed by atoms with Crippen molar-refractivity contribution >= 4 is 17.7 Å². The Hall–Kier alpha value is -3.19. The molecule has 132 valence electrons. The molecule has 1 amide bonds. The normalized spacial score (nSPS) is 20.4. The zero-order valence-corrected chi connectivity index (χ0v) is 14.8. The predicted molar refractivity (Wildman–Crippen MR) is 106 cm³/mol. The van der Waals surface area contributed by atoms with Gasteiger partial charge in [0, 0.05) is 23.8 Å². The maximum Gasteiger partial charge on any atom is 0.277 e. The molecule has 1 aromatic carbocycles. The number of carbonyl (C=O) groups excluding carboxylic acids is 1. The van der Waals surface area contributed by atoms with Crippen LogP contribution in [0.2, 0.25) is 0 Å². The summed E-state index contributed by atoms with van der Waals surface area (Å²) >= 11 is 0. The van der Waals surface area contributed by atoms with Crippen molar-refractivity contribution in [1.29, 1.82) is 0 Å². The van der Waals surface area contributed by atoms with Crippen molar-refractivity contribution in [2.45, 2.75) is 25.9 Å². The fraction of sp³-hybridized carbons (Fsp3) is 0.227. The molecule has 0 aromatic heterocycles. The molecule has 0 saturated carbocycles. The van der Waals surface area contributed by atoms with E-state index in [4.69, 9.17) is 4.74 Å². The number of allylic oxidation sites excluding steroid dienone is 4. The lowest BCUT2D eigenvalue weighted by atomic mass is 10.0.